The van der Waals surface area contributed by atoms with Crippen molar-refractivity contribution in [1.29, 1.82) is 0 Å². The molecule has 1 aliphatic heterocycles. The Morgan fingerprint density at radius 3 is 2.67 bits per heavy atom. The molecule has 0 bridgehead atoms. The molecule has 4 rings (SSSR count). The van der Waals surface area contributed by atoms with Crippen LogP contribution in [0.5, 0.6) is 0 Å². The van der Waals surface area contributed by atoms with Gasteiger partial charge in [-0.2, -0.15) is 0 Å². The van der Waals surface area contributed by atoms with Crippen LogP contribution in [0.2, 0.25) is 0 Å². The Balaban J connectivity index is 1.27. The molecule has 7 nitrogen and oxygen atoms in total. The summed E-state index contributed by atoms with van der Waals surface area (Å²) in [5, 5.41) is 11.0. The normalized spacial score (nSPS) is 15.7. The third-order valence-corrected chi connectivity index (χ3v) is 4.64. The van der Waals surface area contributed by atoms with E-state index in [9.17, 15) is 9.18 Å². The molecule has 0 saturated carbocycles. The molecule has 27 heavy (non-hydrogen) atoms. The van der Waals surface area contributed by atoms with Crippen LogP contribution in [0.4, 0.5) is 10.1 Å². The number of carbonyl (C=O) groups is 1. The lowest BCUT2D eigenvalue weighted by Gasteiger charge is -2.29. The highest BCUT2D eigenvalue weighted by Gasteiger charge is 2.26. The summed E-state index contributed by atoms with van der Waals surface area (Å²) in [5.41, 5.74) is 1.36. The number of nitrogens with zero attached hydrogens (tertiary/aromatic N) is 3. The highest BCUT2D eigenvalue weighted by Crippen LogP contribution is 2.29. The zero-order valence-electron chi connectivity index (χ0n) is 14.6. The van der Waals surface area contributed by atoms with Gasteiger partial charge in [-0.1, -0.05) is 0 Å². The van der Waals surface area contributed by atoms with Crippen LogP contribution in [0.3, 0.4) is 0 Å². The summed E-state index contributed by atoms with van der Waals surface area (Å²) in [6, 6.07) is 7.52. The Labute approximate surface area is 155 Å². The molecule has 1 amide bonds. The summed E-state index contributed by atoms with van der Waals surface area (Å²) < 4.78 is 23.7. The van der Waals surface area contributed by atoms with E-state index in [4.69, 9.17) is 8.83 Å². The number of likely N-dealkylation sites (tertiary alicyclic amines) is 1. The summed E-state index contributed by atoms with van der Waals surface area (Å²) >= 11 is 0. The number of amides is 1. The van der Waals surface area contributed by atoms with Crippen molar-refractivity contribution < 1.29 is 18.0 Å². The number of hydrogen-bond donors (Lipinski definition) is 1. The fourth-order valence-corrected chi connectivity index (χ4v) is 3.18. The minimum absolute atomic E-state index is 0.111. The fraction of sp³-hybridized carbons (Fsp3) is 0.316. The van der Waals surface area contributed by atoms with Crippen LogP contribution in [0.25, 0.3) is 11.5 Å². The van der Waals surface area contributed by atoms with Gasteiger partial charge in [-0.3, -0.25) is 9.69 Å². The standard InChI is InChI=1S/C19H19FN4O3/c20-15-1-3-16(4-2-15)21-17(25)11-24-8-5-13(6-9-24)18-22-23-19(27-18)14-7-10-26-12-14/h1-4,7,10,12-13H,5-6,8-9,11H2,(H,21,25). The Bertz CT molecular complexity index is 884. The lowest BCUT2D eigenvalue weighted by atomic mass is 9.97. The van der Waals surface area contributed by atoms with Crippen molar-refractivity contribution in [2.75, 3.05) is 25.0 Å². The molecule has 0 atom stereocenters. The van der Waals surface area contributed by atoms with Crippen LogP contribution in [0.15, 0.2) is 51.7 Å². The first-order valence-corrected chi connectivity index (χ1v) is 8.81. The molecule has 1 N–H and O–H groups in total. The first-order chi connectivity index (χ1) is 13.2. The predicted molar refractivity (Wildman–Crippen MR) is 95.4 cm³/mol. The van der Waals surface area contributed by atoms with E-state index in [2.05, 4.69) is 20.4 Å². The molecule has 0 radical (unpaired) electrons. The van der Waals surface area contributed by atoms with Gasteiger partial charge in [0.25, 0.3) is 5.89 Å². The van der Waals surface area contributed by atoms with Crippen LogP contribution < -0.4 is 5.32 Å². The number of benzene rings is 1. The molecule has 0 unspecified atom stereocenters. The molecule has 1 aliphatic rings. The fourth-order valence-electron chi connectivity index (χ4n) is 3.18. The second-order valence-electron chi connectivity index (χ2n) is 6.56. The maximum absolute atomic E-state index is 12.9. The van der Waals surface area contributed by atoms with Gasteiger partial charge in [-0.05, 0) is 56.3 Å². The number of halogens is 1. The molecule has 1 saturated heterocycles. The smallest absolute Gasteiger partial charge is 0.250 e. The summed E-state index contributed by atoms with van der Waals surface area (Å²) in [7, 11) is 0. The second kappa shape index (κ2) is 7.71. The number of hydrogen-bond acceptors (Lipinski definition) is 6. The van der Waals surface area contributed by atoms with E-state index in [-0.39, 0.29) is 17.6 Å². The number of piperidine rings is 1. The van der Waals surface area contributed by atoms with Crippen molar-refractivity contribution in [3.63, 3.8) is 0 Å². The number of nitrogens with one attached hydrogen (secondary N) is 1. The lowest BCUT2D eigenvalue weighted by molar-refractivity contribution is -0.117. The van der Waals surface area contributed by atoms with E-state index >= 15 is 0 Å². The van der Waals surface area contributed by atoms with Gasteiger partial charge in [0.1, 0.15) is 12.1 Å². The second-order valence-corrected chi connectivity index (χ2v) is 6.56. The maximum Gasteiger partial charge on any atom is 0.250 e. The van der Waals surface area contributed by atoms with Crippen molar-refractivity contribution in [2.45, 2.75) is 18.8 Å². The van der Waals surface area contributed by atoms with Gasteiger partial charge in [0.15, 0.2) is 0 Å². The van der Waals surface area contributed by atoms with Crippen molar-refractivity contribution in [3.8, 4) is 11.5 Å². The molecule has 140 valence electrons. The van der Waals surface area contributed by atoms with Crippen molar-refractivity contribution >= 4 is 11.6 Å². The zero-order valence-corrected chi connectivity index (χ0v) is 14.6. The minimum Gasteiger partial charge on any atom is -0.472 e. The van der Waals surface area contributed by atoms with Gasteiger partial charge < -0.3 is 14.2 Å². The molecule has 8 heteroatoms. The van der Waals surface area contributed by atoms with Gasteiger partial charge in [0, 0.05) is 11.6 Å². The summed E-state index contributed by atoms with van der Waals surface area (Å²) in [6.45, 7) is 1.84. The highest BCUT2D eigenvalue weighted by atomic mass is 19.1. The summed E-state index contributed by atoms with van der Waals surface area (Å²) in [4.78, 5) is 14.2. The topological polar surface area (TPSA) is 84.4 Å². The molecule has 0 aliphatic carbocycles. The first-order valence-electron chi connectivity index (χ1n) is 8.81. The third-order valence-electron chi connectivity index (χ3n) is 4.64. The quantitative estimate of drug-likeness (QED) is 0.742. The first kappa shape index (κ1) is 17.4. The third kappa shape index (κ3) is 4.22. The largest absolute Gasteiger partial charge is 0.472 e. The number of aromatic nitrogens is 2. The number of furan rings is 1. The molecule has 0 spiro atoms. The molecular weight excluding hydrogens is 351 g/mol. The zero-order chi connectivity index (χ0) is 18.6. The van der Waals surface area contributed by atoms with E-state index in [1.807, 2.05) is 0 Å². The highest BCUT2D eigenvalue weighted by molar-refractivity contribution is 5.92. The molecule has 1 aromatic carbocycles. The van der Waals surface area contributed by atoms with Crippen LogP contribution in [0.1, 0.15) is 24.7 Å². The van der Waals surface area contributed by atoms with Crippen molar-refractivity contribution in [2.24, 2.45) is 0 Å². The van der Waals surface area contributed by atoms with Crippen molar-refractivity contribution in [1.82, 2.24) is 15.1 Å². The Morgan fingerprint density at radius 2 is 1.96 bits per heavy atom. The van der Waals surface area contributed by atoms with Crippen LogP contribution >= 0.6 is 0 Å². The molecule has 2 aromatic heterocycles. The van der Waals surface area contributed by atoms with Gasteiger partial charge in [0.05, 0.1) is 18.4 Å². The lowest BCUT2D eigenvalue weighted by Crippen LogP contribution is -2.38. The SMILES string of the molecule is O=C(CN1CCC(c2nnc(-c3ccoc3)o2)CC1)Nc1ccc(F)cc1. The Hall–Kier alpha value is -3.00. The molecule has 3 heterocycles. The average molecular weight is 370 g/mol. The summed E-state index contributed by atoms with van der Waals surface area (Å²) in [5.74, 6) is 0.836. The number of carbonyl (C=O) groups excluding carboxylic acids is 1. The van der Waals surface area contributed by atoms with Crippen molar-refractivity contribution in [3.05, 3.63) is 54.6 Å². The Kier molecular flexibility index (Phi) is 4.97. The van der Waals surface area contributed by atoms with E-state index < -0.39 is 0 Å². The van der Waals surface area contributed by atoms with Crippen LogP contribution in [-0.4, -0.2) is 40.6 Å². The number of rotatable bonds is 5. The molecular formula is C19H19FN4O3. The van der Waals surface area contributed by atoms with Gasteiger partial charge in [0.2, 0.25) is 11.8 Å². The van der Waals surface area contributed by atoms with Gasteiger partial charge >= 0.3 is 0 Å². The van der Waals surface area contributed by atoms with Gasteiger partial charge in [-0.25, -0.2) is 4.39 Å². The molecule has 1 fully saturated rings. The van der Waals surface area contributed by atoms with E-state index in [0.717, 1.165) is 31.5 Å². The van der Waals surface area contributed by atoms with Gasteiger partial charge in [-0.15, -0.1) is 10.2 Å². The average Bonchev–Trinajstić information content (AvgIpc) is 3.36. The van der Waals surface area contributed by atoms with Crippen LogP contribution in [0, 0.1) is 5.82 Å². The Morgan fingerprint density at radius 1 is 1.19 bits per heavy atom. The van der Waals surface area contributed by atoms with E-state index in [1.165, 1.54) is 12.1 Å². The van der Waals surface area contributed by atoms with E-state index in [1.54, 1.807) is 30.7 Å². The minimum atomic E-state index is -0.327. The van der Waals surface area contributed by atoms with E-state index in [0.29, 0.717) is 24.0 Å². The van der Waals surface area contributed by atoms with Crippen LogP contribution in [-0.2, 0) is 4.79 Å². The maximum atomic E-state index is 12.9. The predicted octanol–water partition coefficient (Wildman–Crippen LogP) is 3.29. The summed E-state index contributed by atoms with van der Waals surface area (Å²) in [6.07, 6.45) is 4.82. The monoisotopic (exact) mass is 370 g/mol. The molecule has 3 aromatic rings. The number of anilines is 1.